The molecule has 3 rings (SSSR count). The molecule has 2 amide bonds. The molecule has 0 aliphatic carbocycles. The zero-order chi connectivity index (χ0) is 25.8. The molecule has 3 aromatic carbocycles. The van der Waals surface area contributed by atoms with Gasteiger partial charge in [-0.2, -0.15) is 0 Å². The van der Waals surface area contributed by atoms with Crippen molar-refractivity contribution >= 4 is 11.8 Å². The van der Waals surface area contributed by atoms with Crippen LogP contribution in [-0.4, -0.2) is 43.0 Å². The number of para-hydroxylation sites is 1. The molecule has 0 saturated heterocycles. The predicted octanol–water partition coefficient (Wildman–Crippen LogP) is 4.77. The number of ether oxygens (including phenoxy) is 2. The molecular weight excluding hydrogens is 459 g/mol. The van der Waals surface area contributed by atoms with Gasteiger partial charge in [0.25, 0.3) is 5.91 Å². The van der Waals surface area contributed by atoms with Crippen LogP contribution in [0, 0.1) is 5.82 Å². The van der Waals surface area contributed by atoms with E-state index >= 15 is 0 Å². The molecule has 1 atom stereocenters. The summed E-state index contributed by atoms with van der Waals surface area (Å²) >= 11 is 0. The van der Waals surface area contributed by atoms with Gasteiger partial charge in [-0.05, 0) is 41.8 Å². The number of hydrogen-bond donors (Lipinski definition) is 1. The van der Waals surface area contributed by atoms with Crippen molar-refractivity contribution in [2.45, 2.75) is 38.8 Å². The van der Waals surface area contributed by atoms with Crippen LogP contribution in [-0.2, 0) is 22.6 Å². The Hall–Kier alpha value is -3.87. The Bertz CT molecular complexity index is 1120. The van der Waals surface area contributed by atoms with E-state index in [4.69, 9.17) is 9.47 Å². The Morgan fingerprint density at radius 3 is 2.42 bits per heavy atom. The molecule has 3 aromatic rings. The van der Waals surface area contributed by atoms with Gasteiger partial charge in [0.2, 0.25) is 5.91 Å². The minimum atomic E-state index is -0.785. The van der Waals surface area contributed by atoms with Crippen molar-refractivity contribution in [3.8, 4) is 11.5 Å². The van der Waals surface area contributed by atoms with E-state index in [0.29, 0.717) is 18.7 Å². The van der Waals surface area contributed by atoms with Gasteiger partial charge >= 0.3 is 0 Å². The molecular formula is C29H33FN2O4. The highest BCUT2D eigenvalue weighted by Crippen LogP contribution is 2.20. The van der Waals surface area contributed by atoms with Crippen LogP contribution in [0.1, 0.15) is 30.9 Å². The van der Waals surface area contributed by atoms with Gasteiger partial charge in [-0.1, -0.05) is 67.9 Å². The first kappa shape index (κ1) is 26.7. The Balaban J connectivity index is 1.91. The molecule has 0 unspecified atom stereocenters. The van der Waals surface area contributed by atoms with Crippen LogP contribution in [0.15, 0.2) is 78.9 Å². The summed E-state index contributed by atoms with van der Waals surface area (Å²) < 4.78 is 24.9. The number of nitrogens with zero attached hydrogens (tertiary/aromatic N) is 1. The first-order chi connectivity index (χ1) is 17.5. The zero-order valence-electron chi connectivity index (χ0n) is 20.8. The van der Waals surface area contributed by atoms with Crippen LogP contribution >= 0.6 is 0 Å². The van der Waals surface area contributed by atoms with Gasteiger partial charge in [-0.15, -0.1) is 0 Å². The number of benzene rings is 3. The topological polar surface area (TPSA) is 67.9 Å². The number of carbonyl (C=O) groups excluding carboxylic acids is 2. The minimum Gasteiger partial charge on any atom is -0.497 e. The minimum absolute atomic E-state index is 0.0146. The number of methoxy groups -OCH3 is 1. The van der Waals surface area contributed by atoms with Crippen LogP contribution < -0.4 is 14.8 Å². The highest BCUT2D eigenvalue weighted by atomic mass is 19.1. The van der Waals surface area contributed by atoms with Crippen molar-refractivity contribution in [1.82, 2.24) is 10.2 Å². The monoisotopic (exact) mass is 492 g/mol. The maximum atomic E-state index is 14.1. The van der Waals surface area contributed by atoms with E-state index < -0.39 is 24.4 Å². The van der Waals surface area contributed by atoms with Crippen molar-refractivity contribution in [1.29, 1.82) is 0 Å². The molecule has 0 radical (unpaired) electrons. The van der Waals surface area contributed by atoms with Crippen molar-refractivity contribution < 1.29 is 23.5 Å². The lowest BCUT2D eigenvalue weighted by Gasteiger charge is -2.31. The fraction of sp³-hybridized carbons (Fsp3) is 0.310. The molecule has 6 nitrogen and oxygen atoms in total. The molecule has 0 aromatic heterocycles. The van der Waals surface area contributed by atoms with Gasteiger partial charge in [-0.25, -0.2) is 4.39 Å². The smallest absolute Gasteiger partial charge is 0.261 e. The van der Waals surface area contributed by atoms with Gasteiger partial charge in [-0.3, -0.25) is 9.59 Å². The first-order valence-electron chi connectivity index (χ1n) is 12.1. The number of hydrogen-bond acceptors (Lipinski definition) is 4. The molecule has 0 spiro atoms. The Labute approximate surface area is 212 Å². The van der Waals surface area contributed by atoms with E-state index in [9.17, 15) is 14.0 Å². The zero-order valence-corrected chi connectivity index (χ0v) is 20.8. The summed E-state index contributed by atoms with van der Waals surface area (Å²) in [5.74, 6) is -0.585. The summed E-state index contributed by atoms with van der Waals surface area (Å²) in [4.78, 5) is 28.4. The van der Waals surface area contributed by atoms with Crippen molar-refractivity contribution in [2.75, 3.05) is 20.3 Å². The molecule has 1 N–H and O–H groups in total. The van der Waals surface area contributed by atoms with Gasteiger partial charge in [0.05, 0.1) is 7.11 Å². The lowest BCUT2D eigenvalue weighted by molar-refractivity contribution is -0.142. The Morgan fingerprint density at radius 2 is 1.69 bits per heavy atom. The molecule has 190 valence electrons. The van der Waals surface area contributed by atoms with Crippen molar-refractivity contribution in [2.24, 2.45) is 0 Å². The maximum Gasteiger partial charge on any atom is 0.261 e. The molecule has 0 bridgehead atoms. The highest BCUT2D eigenvalue weighted by Gasteiger charge is 2.30. The second kappa shape index (κ2) is 13.9. The number of halogens is 1. The van der Waals surface area contributed by atoms with E-state index in [1.807, 2.05) is 61.5 Å². The summed E-state index contributed by atoms with van der Waals surface area (Å²) in [6, 6.07) is 22.0. The van der Waals surface area contributed by atoms with Crippen LogP contribution in [0.2, 0.25) is 0 Å². The molecule has 7 heteroatoms. The number of unbranched alkanes of at least 4 members (excludes halogenated alkanes) is 1. The maximum absolute atomic E-state index is 14.1. The average Bonchev–Trinajstić information content (AvgIpc) is 2.90. The highest BCUT2D eigenvalue weighted by molar-refractivity contribution is 5.88. The fourth-order valence-electron chi connectivity index (χ4n) is 3.81. The summed E-state index contributed by atoms with van der Waals surface area (Å²) in [5, 5.41) is 2.97. The molecule has 0 aliphatic heterocycles. The number of amides is 2. The van der Waals surface area contributed by atoms with Crippen LogP contribution in [0.3, 0.4) is 0 Å². The Morgan fingerprint density at radius 1 is 0.972 bits per heavy atom. The molecule has 0 heterocycles. The predicted molar refractivity (Wildman–Crippen MR) is 137 cm³/mol. The first-order valence-corrected chi connectivity index (χ1v) is 12.1. The van der Waals surface area contributed by atoms with Gasteiger partial charge in [0, 0.05) is 19.5 Å². The number of carbonyl (C=O) groups is 2. The lowest BCUT2D eigenvalue weighted by atomic mass is 10.0. The van der Waals surface area contributed by atoms with Gasteiger partial charge in [0.15, 0.2) is 18.2 Å². The second-order valence-electron chi connectivity index (χ2n) is 8.44. The standard InChI is InChI=1S/C29H33FN2O4/c1-3-4-17-31-29(34)26(19-22-11-6-5-7-12-22)32(20-23-13-10-14-24(18-23)35-2)28(33)21-36-27-16-9-8-15-25(27)30/h5-16,18,26H,3-4,17,19-21H2,1-2H3,(H,31,34)/t26-/m1/s1. The largest absolute Gasteiger partial charge is 0.497 e. The van der Waals surface area contributed by atoms with Crippen LogP contribution in [0.4, 0.5) is 4.39 Å². The van der Waals surface area contributed by atoms with Crippen LogP contribution in [0.5, 0.6) is 11.5 Å². The van der Waals surface area contributed by atoms with E-state index in [-0.39, 0.29) is 18.2 Å². The van der Waals surface area contributed by atoms with E-state index in [0.717, 1.165) is 24.0 Å². The summed E-state index contributed by atoms with van der Waals surface area (Å²) in [5.41, 5.74) is 1.72. The van der Waals surface area contributed by atoms with Crippen LogP contribution in [0.25, 0.3) is 0 Å². The van der Waals surface area contributed by atoms with Gasteiger partial charge in [0.1, 0.15) is 11.8 Å². The summed E-state index contributed by atoms with van der Waals surface area (Å²) in [7, 11) is 1.57. The quantitative estimate of drug-likeness (QED) is 0.349. The summed E-state index contributed by atoms with van der Waals surface area (Å²) in [6.07, 6.45) is 2.10. The van der Waals surface area contributed by atoms with Crippen molar-refractivity contribution in [3.63, 3.8) is 0 Å². The number of nitrogens with one attached hydrogen (secondary N) is 1. The SMILES string of the molecule is CCCCNC(=O)[C@@H](Cc1ccccc1)N(Cc1cccc(OC)c1)C(=O)COc1ccccc1F. The Kier molecular flexibility index (Phi) is 10.3. The van der Waals surface area contributed by atoms with E-state index in [1.54, 1.807) is 19.2 Å². The van der Waals surface area contributed by atoms with E-state index in [1.165, 1.54) is 17.0 Å². The second-order valence-corrected chi connectivity index (χ2v) is 8.44. The average molecular weight is 493 g/mol. The molecule has 0 saturated carbocycles. The number of rotatable bonds is 13. The third-order valence-electron chi connectivity index (χ3n) is 5.78. The lowest BCUT2D eigenvalue weighted by Crippen LogP contribution is -2.51. The third kappa shape index (κ3) is 7.83. The molecule has 36 heavy (non-hydrogen) atoms. The van der Waals surface area contributed by atoms with E-state index in [2.05, 4.69) is 5.32 Å². The third-order valence-corrected chi connectivity index (χ3v) is 5.78. The fourth-order valence-corrected chi connectivity index (χ4v) is 3.81. The van der Waals surface area contributed by atoms with Gasteiger partial charge < -0.3 is 19.7 Å². The summed E-state index contributed by atoms with van der Waals surface area (Å²) in [6.45, 7) is 2.33. The molecule has 0 aliphatic rings. The van der Waals surface area contributed by atoms with Crippen molar-refractivity contribution in [3.05, 3.63) is 95.8 Å². The molecule has 0 fully saturated rings. The normalized spacial score (nSPS) is 11.4.